The Bertz CT molecular complexity index is 829. The summed E-state index contributed by atoms with van der Waals surface area (Å²) in [7, 11) is 0. The molecular formula is C20H21NO. The molecule has 0 unspecified atom stereocenters. The van der Waals surface area contributed by atoms with Crippen LogP contribution in [0.15, 0.2) is 48.5 Å². The first-order valence-corrected chi connectivity index (χ1v) is 7.74. The largest absolute Gasteiger partial charge is 0.358 e. The lowest BCUT2D eigenvalue weighted by Crippen LogP contribution is -2.07. The standard InChI is InChI=1S/C20H21NO/c1-13-8-4-5-9-16(13)19(22)12-14(2)20-15(3)21-18-11-7-6-10-17(18)20/h4-11,14,21H,12H2,1-3H3/t14-/m0/s1. The summed E-state index contributed by atoms with van der Waals surface area (Å²) in [5, 5.41) is 1.23. The molecule has 3 rings (SSSR count). The summed E-state index contributed by atoms with van der Waals surface area (Å²) >= 11 is 0. The van der Waals surface area contributed by atoms with Crippen molar-refractivity contribution in [3.8, 4) is 0 Å². The maximum Gasteiger partial charge on any atom is 0.163 e. The van der Waals surface area contributed by atoms with E-state index in [2.05, 4.69) is 37.0 Å². The lowest BCUT2D eigenvalue weighted by molar-refractivity contribution is 0.0975. The minimum atomic E-state index is 0.197. The number of H-pyrrole nitrogens is 1. The average molecular weight is 291 g/mol. The van der Waals surface area contributed by atoms with Gasteiger partial charge in [0, 0.05) is 28.6 Å². The van der Waals surface area contributed by atoms with Crippen molar-refractivity contribution in [3.05, 3.63) is 70.9 Å². The van der Waals surface area contributed by atoms with E-state index in [1.165, 1.54) is 10.9 Å². The summed E-state index contributed by atoms with van der Waals surface area (Å²) in [6, 6.07) is 16.1. The van der Waals surface area contributed by atoms with E-state index in [-0.39, 0.29) is 11.7 Å². The summed E-state index contributed by atoms with van der Waals surface area (Å²) in [4.78, 5) is 16.0. The highest BCUT2D eigenvalue weighted by atomic mass is 16.1. The summed E-state index contributed by atoms with van der Waals surface area (Å²) in [5.74, 6) is 0.415. The van der Waals surface area contributed by atoms with Gasteiger partial charge in [-0.3, -0.25) is 4.79 Å². The van der Waals surface area contributed by atoms with Crippen molar-refractivity contribution in [1.82, 2.24) is 4.98 Å². The number of hydrogen-bond acceptors (Lipinski definition) is 1. The third-order valence-corrected chi connectivity index (χ3v) is 4.37. The van der Waals surface area contributed by atoms with E-state index in [9.17, 15) is 4.79 Å². The van der Waals surface area contributed by atoms with Gasteiger partial charge in [-0.05, 0) is 37.0 Å². The number of carbonyl (C=O) groups is 1. The molecule has 1 heterocycles. The summed E-state index contributed by atoms with van der Waals surface area (Å²) in [5.41, 5.74) is 5.45. The van der Waals surface area contributed by atoms with Crippen LogP contribution in [0.1, 0.15) is 46.4 Å². The predicted molar refractivity (Wildman–Crippen MR) is 91.6 cm³/mol. The van der Waals surface area contributed by atoms with Crippen molar-refractivity contribution in [1.29, 1.82) is 0 Å². The average Bonchev–Trinajstić information content (AvgIpc) is 2.83. The highest BCUT2D eigenvalue weighted by molar-refractivity contribution is 5.98. The number of aryl methyl sites for hydroxylation is 2. The van der Waals surface area contributed by atoms with Crippen LogP contribution in [-0.2, 0) is 0 Å². The maximum absolute atomic E-state index is 12.6. The molecule has 0 bridgehead atoms. The monoisotopic (exact) mass is 291 g/mol. The zero-order chi connectivity index (χ0) is 15.7. The summed E-state index contributed by atoms with van der Waals surface area (Å²) < 4.78 is 0. The number of Topliss-reactive ketones (excluding diaryl/α,β-unsaturated/α-hetero) is 1. The van der Waals surface area contributed by atoms with Gasteiger partial charge in [-0.25, -0.2) is 0 Å². The number of benzene rings is 2. The molecule has 0 spiro atoms. The van der Waals surface area contributed by atoms with E-state index >= 15 is 0 Å². The van der Waals surface area contributed by atoms with Gasteiger partial charge in [0.1, 0.15) is 0 Å². The molecule has 1 atom stereocenters. The molecule has 1 aromatic heterocycles. The van der Waals surface area contributed by atoms with Crippen LogP contribution >= 0.6 is 0 Å². The Hall–Kier alpha value is -2.35. The Morgan fingerprint density at radius 1 is 1.05 bits per heavy atom. The Kier molecular flexibility index (Phi) is 3.84. The van der Waals surface area contributed by atoms with Gasteiger partial charge in [-0.15, -0.1) is 0 Å². The van der Waals surface area contributed by atoms with Crippen LogP contribution in [0, 0.1) is 13.8 Å². The zero-order valence-corrected chi connectivity index (χ0v) is 13.3. The van der Waals surface area contributed by atoms with Crippen molar-refractivity contribution >= 4 is 16.7 Å². The molecule has 1 N–H and O–H groups in total. The topological polar surface area (TPSA) is 32.9 Å². The number of aromatic nitrogens is 1. The van der Waals surface area contributed by atoms with Crippen LogP contribution in [0.25, 0.3) is 10.9 Å². The minimum Gasteiger partial charge on any atom is -0.358 e. The molecule has 22 heavy (non-hydrogen) atoms. The second kappa shape index (κ2) is 5.80. The zero-order valence-electron chi connectivity index (χ0n) is 13.3. The van der Waals surface area contributed by atoms with E-state index in [4.69, 9.17) is 0 Å². The Labute approximate surface area is 131 Å². The molecule has 2 nitrogen and oxygen atoms in total. The third kappa shape index (κ3) is 2.57. The molecule has 0 aliphatic carbocycles. The number of para-hydroxylation sites is 1. The van der Waals surface area contributed by atoms with Crippen molar-refractivity contribution in [2.24, 2.45) is 0 Å². The quantitative estimate of drug-likeness (QED) is 0.662. The first-order chi connectivity index (χ1) is 10.6. The van der Waals surface area contributed by atoms with Crippen LogP contribution in [0.4, 0.5) is 0 Å². The van der Waals surface area contributed by atoms with Gasteiger partial charge < -0.3 is 4.98 Å². The second-order valence-electron chi connectivity index (χ2n) is 6.05. The number of fused-ring (bicyclic) bond motifs is 1. The molecule has 2 heteroatoms. The van der Waals surface area contributed by atoms with E-state index in [0.29, 0.717) is 6.42 Å². The smallest absolute Gasteiger partial charge is 0.163 e. The number of nitrogens with one attached hydrogen (secondary N) is 1. The Morgan fingerprint density at radius 3 is 2.50 bits per heavy atom. The number of ketones is 1. The first kappa shape index (κ1) is 14.6. The lowest BCUT2D eigenvalue weighted by atomic mass is 9.90. The van der Waals surface area contributed by atoms with Gasteiger partial charge in [-0.1, -0.05) is 49.4 Å². The fraction of sp³-hybridized carbons (Fsp3) is 0.250. The molecule has 2 aromatic carbocycles. The van der Waals surface area contributed by atoms with Gasteiger partial charge >= 0.3 is 0 Å². The summed E-state index contributed by atoms with van der Waals surface area (Å²) in [6.07, 6.45) is 0.535. The Balaban J connectivity index is 1.91. The fourth-order valence-corrected chi connectivity index (χ4v) is 3.31. The molecule has 0 aliphatic heterocycles. The fourth-order valence-electron chi connectivity index (χ4n) is 3.31. The van der Waals surface area contributed by atoms with E-state index in [0.717, 1.165) is 22.3 Å². The molecule has 112 valence electrons. The second-order valence-corrected chi connectivity index (χ2v) is 6.05. The molecule has 0 aliphatic rings. The molecule has 0 radical (unpaired) electrons. The highest BCUT2D eigenvalue weighted by Gasteiger charge is 2.19. The van der Waals surface area contributed by atoms with Crippen LogP contribution in [0.2, 0.25) is 0 Å². The lowest BCUT2D eigenvalue weighted by Gasteiger charge is -2.13. The van der Waals surface area contributed by atoms with E-state index < -0.39 is 0 Å². The van der Waals surface area contributed by atoms with Crippen molar-refractivity contribution in [2.75, 3.05) is 0 Å². The van der Waals surface area contributed by atoms with Gasteiger partial charge in [0.25, 0.3) is 0 Å². The number of hydrogen-bond donors (Lipinski definition) is 1. The molecule has 3 aromatic rings. The first-order valence-electron chi connectivity index (χ1n) is 7.74. The molecule has 0 fully saturated rings. The molecule has 0 amide bonds. The third-order valence-electron chi connectivity index (χ3n) is 4.37. The van der Waals surface area contributed by atoms with Crippen LogP contribution in [-0.4, -0.2) is 10.8 Å². The van der Waals surface area contributed by atoms with Crippen molar-refractivity contribution < 1.29 is 4.79 Å². The molecule has 0 saturated carbocycles. The van der Waals surface area contributed by atoms with Gasteiger partial charge in [-0.2, -0.15) is 0 Å². The van der Waals surface area contributed by atoms with Gasteiger partial charge in [0.05, 0.1) is 0 Å². The van der Waals surface area contributed by atoms with Crippen molar-refractivity contribution in [2.45, 2.75) is 33.1 Å². The van der Waals surface area contributed by atoms with Gasteiger partial charge in [0.15, 0.2) is 5.78 Å². The van der Waals surface area contributed by atoms with Crippen LogP contribution in [0.5, 0.6) is 0 Å². The van der Waals surface area contributed by atoms with Crippen molar-refractivity contribution in [3.63, 3.8) is 0 Å². The maximum atomic E-state index is 12.6. The predicted octanol–water partition coefficient (Wildman–Crippen LogP) is 5.16. The van der Waals surface area contributed by atoms with Crippen LogP contribution < -0.4 is 0 Å². The van der Waals surface area contributed by atoms with Gasteiger partial charge in [0.2, 0.25) is 0 Å². The van der Waals surface area contributed by atoms with Crippen LogP contribution in [0.3, 0.4) is 0 Å². The molecule has 0 saturated heterocycles. The molecular weight excluding hydrogens is 270 g/mol. The normalized spacial score (nSPS) is 12.5. The number of aromatic amines is 1. The summed E-state index contributed by atoms with van der Waals surface area (Å²) in [6.45, 7) is 6.22. The number of carbonyl (C=O) groups excluding carboxylic acids is 1. The van der Waals surface area contributed by atoms with E-state index in [1.54, 1.807) is 0 Å². The Morgan fingerprint density at radius 2 is 1.73 bits per heavy atom. The van der Waals surface area contributed by atoms with E-state index in [1.807, 2.05) is 37.3 Å². The SMILES string of the molecule is Cc1ccccc1C(=O)C[C@H](C)c1c(C)[nH]c2ccccc12. The highest BCUT2D eigenvalue weighted by Crippen LogP contribution is 2.31. The number of rotatable bonds is 4. The minimum absolute atomic E-state index is 0.197.